The highest BCUT2D eigenvalue weighted by Crippen LogP contribution is 2.13. The molecule has 1 rings (SSSR count). The van der Waals surface area contributed by atoms with Crippen molar-refractivity contribution in [2.24, 2.45) is 0 Å². The Morgan fingerprint density at radius 2 is 2.00 bits per heavy atom. The Hall–Kier alpha value is -1.29. The molecule has 0 amide bonds. The molecule has 4 heteroatoms. The zero-order chi connectivity index (χ0) is 15.1. The highest BCUT2D eigenvalue weighted by atomic mass is 19.1. The Labute approximate surface area is 119 Å². The maximum absolute atomic E-state index is 13.6. The van der Waals surface area contributed by atoms with Crippen LogP contribution in [0.5, 0.6) is 0 Å². The van der Waals surface area contributed by atoms with E-state index >= 15 is 0 Å². The van der Waals surface area contributed by atoms with Crippen molar-refractivity contribution in [1.82, 2.24) is 4.90 Å². The van der Waals surface area contributed by atoms with Crippen molar-refractivity contribution in [2.45, 2.75) is 46.1 Å². The number of halogens is 2. The number of hydrogen-bond acceptors (Lipinski definition) is 2. The van der Waals surface area contributed by atoms with Gasteiger partial charge in [0.15, 0.2) is 5.78 Å². The zero-order valence-corrected chi connectivity index (χ0v) is 12.5. The van der Waals surface area contributed by atoms with Crippen molar-refractivity contribution in [1.29, 1.82) is 0 Å². The van der Waals surface area contributed by atoms with Gasteiger partial charge in [0, 0.05) is 6.04 Å². The van der Waals surface area contributed by atoms with Gasteiger partial charge in [-0.25, -0.2) is 8.78 Å². The molecule has 0 bridgehead atoms. The van der Waals surface area contributed by atoms with Crippen LogP contribution >= 0.6 is 0 Å². The van der Waals surface area contributed by atoms with Crippen molar-refractivity contribution >= 4 is 5.78 Å². The number of Topliss-reactive ketones (excluding diaryl/α,β-unsaturated/α-hetero) is 1. The van der Waals surface area contributed by atoms with Gasteiger partial charge in [-0.05, 0) is 44.5 Å². The lowest BCUT2D eigenvalue weighted by Crippen LogP contribution is -2.38. The normalized spacial score (nSPS) is 12.7. The van der Waals surface area contributed by atoms with Gasteiger partial charge in [0.25, 0.3) is 0 Å². The lowest BCUT2D eigenvalue weighted by atomic mass is 10.1. The lowest BCUT2D eigenvalue weighted by Gasteiger charge is -2.27. The first-order valence-corrected chi connectivity index (χ1v) is 7.21. The van der Waals surface area contributed by atoms with Crippen LogP contribution in [0.15, 0.2) is 18.2 Å². The summed E-state index contributed by atoms with van der Waals surface area (Å²) in [6, 6.07) is 3.26. The molecule has 20 heavy (non-hydrogen) atoms. The second kappa shape index (κ2) is 8.10. The van der Waals surface area contributed by atoms with E-state index in [2.05, 4.69) is 13.8 Å². The molecule has 0 aliphatic carbocycles. The minimum Gasteiger partial charge on any atom is -0.293 e. The Morgan fingerprint density at radius 1 is 1.30 bits per heavy atom. The number of unbranched alkanes of at least 4 members (excludes halogenated alkanes) is 1. The standard InChI is InChI=1S/C16H23F2NO/c1-4-6-9-19(12(3)5-2)11-16(20)14-10-13(17)7-8-15(14)18/h7-8,10,12H,4-6,9,11H2,1-3H3. The smallest absolute Gasteiger partial charge is 0.179 e. The number of carbonyl (C=O) groups excluding carboxylic acids is 1. The van der Waals surface area contributed by atoms with E-state index in [0.717, 1.165) is 44.0 Å². The largest absolute Gasteiger partial charge is 0.293 e. The van der Waals surface area contributed by atoms with Crippen LogP contribution in [0, 0.1) is 11.6 Å². The molecule has 0 saturated heterocycles. The van der Waals surface area contributed by atoms with Crippen molar-refractivity contribution < 1.29 is 13.6 Å². The molecule has 0 fully saturated rings. The van der Waals surface area contributed by atoms with Gasteiger partial charge < -0.3 is 0 Å². The zero-order valence-electron chi connectivity index (χ0n) is 12.5. The summed E-state index contributed by atoms with van der Waals surface area (Å²) < 4.78 is 26.7. The van der Waals surface area contributed by atoms with E-state index in [1.165, 1.54) is 0 Å². The summed E-state index contributed by atoms with van der Waals surface area (Å²) in [7, 11) is 0. The van der Waals surface area contributed by atoms with E-state index in [0.29, 0.717) is 0 Å². The number of nitrogens with zero attached hydrogens (tertiary/aromatic N) is 1. The summed E-state index contributed by atoms with van der Waals surface area (Å²) in [4.78, 5) is 14.2. The SMILES string of the molecule is CCCCN(CC(=O)c1cc(F)ccc1F)C(C)CC. The van der Waals surface area contributed by atoms with Gasteiger partial charge in [-0.1, -0.05) is 20.3 Å². The first kappa shape index (κ1) is 16.8. The molecule has 0 radical (unpaired) electrons. The van der Waals surface area contributed by atoms with Crippen LogP contribution in [0.1, 0.15) is 50.4 Å². The lowest BCUT2D eigenvalue weighted by molar-refractivity contribution is 0.0890. The van der Waals surface area contributed by atoms with E-state index in [1.807, 2.05) is 11.8 Å². The topological polar surface area (TPSA) is 20.3 Å². The molecule has 0 spiro atoms. The molecular weight excluding hydrogens is 260 g/mol. The molecule has 1 unspecified atom stereocenters. The summed E-state index contributed by atoms with van der Waals surface area (Å²) in [6.45, 7) is 7.12. The summed E-state index contributed by atoms with van der Waals surface area (Å²) in [6.07, 6.45) is 2.95. The number of carbonyl (C=O) groups is 1. The van der Waals surface area contributed by atoms with Gasteiger partial charge in [-0.3, -0.25) is 9.69 Å². The van der Waals surface area contributed by atoms with Gasteiger partial charge in [0.1, 0.15) is 11.6 Å². The number of benzene rings is 1. The Balaban J connectivity index is 2.81. The molecule has 1 aromatic carbocycles. The Morgan fingerprint density at radius 3 is 2.60 bits per heavy atom. The third-order valence-electron chi connectivity index (χ3n) is 3.59. The maximum atomic E-state index is 13.6. The quantitative estimate of drug-likeness (QED) is 0.671. The fraction of sp³-hybridized carbons (Fsp3) is 0.562. The Kier molecular flexibility index (Phi) is 6.79. The van der Waals surface area contributed by atoms with Crippen molar-refractivity contribution in [3.63, 3.8) is 0 Å². The van der Waals surface area contributed by atoms with Gasteiger partial charge in [-0.2, -0.15) is 0 Å². The molecular formula is C16H23F2NO. The first-order chi connectivity index (χ1) is 9.49. The van der Waals surface area contributed by atoms with Crippen molar-refractivity contribution in [2.75, 3.05) is 13.1 Å². The molecule has 0 N–H and O–H groups in total. The summed E-state index contributed by atoms with van der Waals surface area (Å²) in [5, 5.41) is 0. The first-order valence-electron chi connectivity index (χ1n) is 7.21. The van der Waals surface area contributed by atoms with E-state index in [4.69, 9.17) is 0 Å². The maximum Gasteiger partial charge on any atom is 0.179 e. The summed E-state index contributed by atoms with van der Waals surface area (Å²) in [5.41, 5.74) is -0.158. The highest BCUT2D eigenvalue weighted by Gasteiger charge is 2.19. The monoisotopic (exact) mass is 283 g/mol. The third-order valence-corrected chi connectivity index (χ3v) is 3.59. The fourth-order valence-electron chi connectivity index (χ4n) is 2.06. The molecule has 2 nitrogen and oxygen atoms in total. The molecule has 0 saturated carbocycles. The molecule has 0 heterocycles. The van der Waals surface area contributed by atoms with Crippen LogP contribution < -0.4 is 0 Å². The van der Waals surface area contributed by atoms with Crippen molar-refractivity contribution in [3.05, 3.63) is 35.4 Å². The molecule has 0 aromatic heterocycles. The van der Waals surface area contributed by atoms with Gasteiger partial charge >= 0.3 is 0 Å². The second-order valence-electron chi connectivity index (χ2n) is 5.13. The van der Waals surface area contributed by atoms with E-state index in [-0.39, 0.29) is 23.9 Å². The van der Waals surface area contributed by atoms with Crippen LogP contribution in [0.25, 0.3) is 0 Å². The molecule has 112 valence electrons. The van der Waals surface area contributed by atoms with E-state index < -0.39 is 11.6 Å². The second-order valence-corrected chi connectivity index (χ2v) is 5.13. The predicted molar refractivity (Wildman–Crippen MR) is 76.9 cm³/mol. The van der Waals surface area contributed by atoms with Crippen molar-refractivity contribution in [3.8, 4) is 0 Å². The molecule has 1 aromatic rings. The summed E-state index contributed by atoms with van der Waals surface area (Å²) in [5.74, 6) is -1.60. The van der Waals surface area contributed by atoms with Crippen LogP contribution in [0.2, 0.25) is 0 Å². The molecule has 0 aliphatic heterocycles. The molecule has 1 atom stereocenters. The van der Waals surface area contributed by atoms with E-state index in [9.17, 15) is 13.6 Å². The average Bonchev–Trinajstić information content (AvgIpc) is 2.44. The van der Waals surface area contributed by atoms with Gasteiger partial charge in [0.05, 0.1) is 12.1 Å². The summed E-state index contributed by atoms with van der Waals surface area (Å²) >= 11 is 0. The van der Waals surface area contributed by atoms with Gasteiger partial charge in [0.2, 0.25) is 0 Å². The fourth-order valence-corrected chi connectivity index (χ4v) is 2.06. The molecule has 0 aliphatic rings. The number of rotatable bonds is 8. The van der Waals surface area contributed by atoms with Crippen LogP contribution in [0.4, 0.5) is 8.78 Å². The number of hydrogen-bond donors (Lipinski definition) is 0. The average molecular weight is 283 g/mol. The van der Waals surface area contributed by atoms with Crippen LogP contribution in [0.3, 0.4) is 0 Å². The van der Waals surface area contributed by atoms with E-state index in [1.54, 1.807) is 0 Å². The predicted octanol–water partition coefficient (Wildman–Crippen LogP) is 4.05. The number of ketones is 1. The minimum absolute atomic E-state index is 0.134. The van der Waals surface area contributed by atoms with Gasteiger partial charge in [-0.15, -0.1) is 0 Å². The minimum atomic E-state index is -0.656. The highest BCUT2D eigenvalue weighted by molar-refractivity contribution is 5.97. The van der Waals surface area contributed by atoms with Crippen LogP contribution in [-0.4, -0.2) is 29.8 Å². The van der Waals surface area contributed by atoms with Crippen LogP contribution in [-0.2, 0) is 0 Å². The Bertz CT molecular complexity index is 448. The third kappa shape index (κ3) is 4.67.